The van der Waals surface area contributed by atoms with E-state index in [9.17, 15) is 18.0 Å². The molecule has 26 heavy (non-hydrogen) atoms. The molecule has 2 fully saturated rings. The summed E-state index contributed by atoms with van der Waals surface area (Å²) in [6.07, 6.45) is 0.528. The first-order valence-electron chi connectivity index (χ1n) is 8.99. The first-order chi connectivity index (χ1) is 12.4. The number of ether oxygens (including phenoxy) is 2. The summed E-state index contributed by atoms with van der Waals surface area (Å²) in [6, 6.07) is 3.13. The Hall–Kier alpha value is -1.76. The summed E-state index contributed by atoms with van der Waals surface area (Å²) in [5, 5.41) is 2.63. The first-order valence-corrected chi connectivity index (χ1v) is 8.99. The molecule has 2 saturated carbocycles. The fraction of sp³-hybridized carbons (Fsp3) is 0.632. The monoisotopic (exact) mass is 371 g/mol. The van der Waals surface area contributed by atoms with Gasteiger partial charge in [0.05, 0.1) is 17.9 Å². The molecule has 3 rings (SSSR count). The Kier molecular flexibility index (Phi) is 5.75. The van der Waals surface area contributed by atoms with Crippen LogP contribution in [0.4, 0.5) is 18.9 Å². The van der Waals surface area contributed by atoms with Gasteiger partial charge in [-0.3, -0.25) is 4.79 Å². The molecule has 144 valence electrons. The van der Waals surface area contributed by atoms with Gasteiger partial charge in [0.25, 0.3) is 0 Å². The van der Waals surface area contributed by atoms with Crippen LogP contribution in [0.25, 0.3) is 0 Å². The van der Waals surface area contributed by atoms with Gasteiger partial charge in [-0.15, -0.1) is 0 Å². The van der Waals surface area contributed by atoms with Crippen LogP contribution < -0.4 is 10.1 Å². The van der Waals surface area contributed by atoms with Gasteiger partial charge in [0.1, 0.15) is 12.4 Å². The Labute approximate surface area is 151 Å². The lowest BCUT2D eigenvalue weighted by molar-refractivity contribution is -0.137. The highest BCUT2D eigenvalue weighted by Gasteiger charge is 2.40. The smallest absolute Gasteiger partial charge is 0.416 e. The zero-order valence-corrected chi connectivity index (χ0v) is 14.8. The summed E-state index contributed by atoms with van der Waals surface area (Å²) in [4.78, 5) is 12.4. The standard InChI is InChI=1S/C19H24F3NO3/c1-25-6-7-26-17-5-4-15(19(20,21)22)11-16(17)23-18(24)10-14-9-12-2-3-13(14)8-12/h4-5,11-14H,2-3,6-10H2,1H3,(H,23,24). The van der Waals surface area contributed by atoms with E-state index in [0.717, 1.165) is 30.9 Å². The average Bonchev–Trinajstić information content (AvgIpc) is 3.18. The number of carbonyl (C=O) groups is 1. The highest BCUT2D eigenvalue weighted by atomic mass is 19.4. The van der Waals surface area contributed by atoms with Gasteiger partial charge in [-0.25, -0.2) is 0 Å². The molecule has 1 aromatic carbocycles. The number of alkyl halides is 3. The van der Waals surface area contributed by atoms with Gasteiger partial charge in [-0.1, -0.05) is 6.42 Å². The minimum atomic E-state index is -4.48. The topological polar surface area (TPSA) is 47.6 Å². The number of rotatable bonds is 7. The molecule has 2 aliphatic rings. The number of carbonyl (C=O) groups excluding carboxylic acids is 1. The molecule has 0 spiro atoms. The van der Waals surface area contributed by atoms with Crippen molar-refractivity contribution in [1.82, 2.24) is 0 Å². The van der Waals surface area contributed by atoms with Crippen molar-refractivity contribution in [2.24, 2.45) is 17.8 Å². The van der Waals surface area contributed by atoms with Crippen LogP contribution in [0.15, 0.2) is 18.2 Å². The van der Waals surface area contributed by atoms with Gasteiger partial charge in [0.2, 0.25) is 5.91 Å². The zero-order chi connectivity index (χ0) is 18.7. The van der Waals surface area contributed by atoms with E-state index in [1.165, 1.54) is 26.0 Å². The minimum Gasteiger partial charge on any atom is -0.489 e. The zero-order valence-electron chi connectivity index (χ0n) is 14.8. The van der Waals surface area contributed by atoms with Crippen LogP contribution in [0.2, 0.25) is 0 Å². The highest BCUT2D eigenvalue weighted by molar-refractivity contribution is 5.92. The maximum atomic E-state index is 13.0. The predicted octanol–water partition coefficient (Wildman–Crippen LogP) is 4.50. The van der Waals surface area contributed by atoms with Crippen molar-refractivity contribution in [2.75, 3.05) is 25.6 Å². The van der Waals surface area contributed by atoms with Gasteiger partial charge < -0.3 is 14.8 Å². The van der Waals surface area contributed by atoms with Crippen LogP contribution >= 0.6 is 0 Å². The Morgan fingerprint density at radius 3 is 2.65 bits per heavy atom. The molecule has 0 aliphatic heterocycles. The number of hydrogen-bond acceptors (Lipinski definition) is 3. The second kappa shape index (κ2) is 7.86. The van der Waals surface area contributed by atoms with Crippen LogP contribution in [0, 0.1) is 17.8 Å². The van der Waals surface area contributed by atoms with E-state index in [1.54, 1.807) is 0 Å². The first kappa shape index (κ1) is 19.0. The summed E-state index contributed by atoms with van der Waals surface area (Å²) < 4.78 is 49.3. The number of amides is 1. The molecule has 0 saturated heterocycles. The quantitative estimate of drug-likeness (QED) is 0.718. The molecule has 3 unspecified atom stereocenters. The predicted molar refractivity (Wildman–Crippen MR) is 91.0 cm³/mol. The number of fused-ring (bicyclic) bond motifs is 2. The summed E-state index contributed by atoms with van der Waals surface area (Å²) in [5.74, 6) is 1.62. The van der Waals surface area contributed by atoms with Crippen molar-refractivity contribution < 1.29 is 27.4 Å². The van der Waals surface area contributed by atoms with E-state index in [2.05, 4.69) is 5.32 Å². The third-order valence-corrected chi connectivity index (χ3v) is 5.46. The Bertz CT molecular complexity index is 647. The van der Waals surface area contributed by atoms with Crippen molar-refractivity contribution in [3.05, 3.63) is 23.8 Å². The molecule has 1 N–H and O–H groups in total. The molecule has 2 bridgehead atoms. The van der Waals surface area contributed by atoms with Crippen LogP contribution in [0.1, 0.15) is 37.7 Å². The third-order valence-electron chi connectivity index (χ3n) is 5.46. The molecule has 2 aliphatic carbocycles. The normalized spacial score (nSPS) is 24.7. The molecular formula is C19H24F3NO3. The van der Waals surface area contributed by atoms with Crippen molar-refractivity contribution in [3.63, 3.8) is 0 Å². The molecule has 0 radical (unpaired) electrons. The van der Waals surface area contributed by atoms with Gasteiger partial charge in [0.15, 0.2) is 0 Å². The Morgan fingerprint density at radius 2 is 2.04 bits per heavy atom. The summed E-state index contributed by atoms with van der Waals surface area (Å²) >= 11 is 0. The van der Waals surface area contributed by atoms with Gasteiger partial charge in [-0.2, -0.15) is 13.2 Å². The van der Waals surface area contributed by atoms with Crippen LogP contribution in [0.3, 0.4) is 0 Å². The van der Waals surface area contributed by atoms with Gasteiger partial charge in [-0.05, 0) is 55.2 Å². The lowest BCUT2D eigenvalue weighted by Gasteiger charge is -2.21. The van der Waals surface area contributed by atoms with E-state index < -0.39 is 11.7 Å². The highest BCUT2D eigenvalue weighted by Crippen LogP contribution is 2.49. The van der Waals surface area contributed by atoms with E-state index in [0.29, 0.717) is 24.9 Å². The second-order valence-corrected chi connectivity index (χ2v) is 7.24. The number of halogens is 3. The second-order valence-electron chi connectivity index (χ2n) is 7.24. The maximum absolute atomic E-state index is 13.0. The van der Waals surface area contributed by atoms with E-state index in [4.69, 9.17) is 9.47 Å². The number of methoxy groups -OCH3 is 1. The minimum absolute atomic E-state index is 0.0593. The number of benzene rings is 1. The average molecular weight is 371 g/mol. The van der Waals surface area contributed by atoms with Crippen LogP contribution in [-0.4, -0.2) is 26.2 Å². The number of hydrogen-bond donors (Lipinski definition) is 1. The van der Waals surface area contributed by atoms with Crippen molar-refractivity contribution in [3.8, 4) is 5.75 Å². The maximum Gasteiger partial charge on any atom is 0.416 e. The van der Waals surface area contributed by atoms with Crippen molar-refractivity contribution in [2.45, 2.75) is 38.3 Å². The fourth-order valence-corrected chi connectivity index (χ4v) is 4.23. The lowest BCUT2D eigenvalue weighted by Crippen LogP contribution is -2.21. The molecular weight excluding hydrogens is 347 g/mol. The van der Waals surface area contributed by atoms with Crippen LogP contribution in [0.5, 0.6) is 5.75 Å². The van der Waals surface area contributed by atoms with Crippen molar-refractivity contribution in [1.29, 1.82) is 0 Å². The number of nitrogens with one attached hydrogen (secondary N) is 1. The molecule has 3 atom stereocenters. The fourth-order valence-electron chi connectivity index (χ4n) is 4.23. The van der Waals surface area contributed by atoms with Gasteiger partial charge in [0, 0.05) is 13.5 Å². The molecule has 4 nitrogen and oxygen atoms in total. The summed E-state index contributed by atoms with van der Waals surface area (Å²) in [7, 11) is 1.51. The molecule has 0 aromatic heterocycles. The number of anilines is 1. The largest absolute Gasteiger partial charge is 0.489 e. The van der Waals surface area contributed by atoms with E-state index in [-0.39, 0.29) is 24.0 Å². The van der Waals surface area contributed by atoms with Crippen LogP contribution in [-0.2, 0) is 15.7 Å². The third kappa shape index (κ3) is 4.50. The van der Waals surface area contributed by atoms with Crippen molar-refractivity contribution >= 4 is 11.6 Å². The molecule has 0 heterocycles. The summed E-state index contributed by atoms with van der Waals surface area (Å²) in [6.45, 7) is 0.497. The SMILES string of the molecule is COCCOc1ccc(C(F)(F)F)cc1NC(=O)CC1CC2CCC1C2. The molecule has 7 heteroatoms. The van der Waals surface area contributed by atoms with E-state index in [1.807, 2.05) is 0 Å². The Morgan fingerprint density at radius 1 is 1.23 bits per heavy atom. The summed E-state index contributed by atoms with van der Waals surface area (Å²) in [5.41, 5.74) is -0.754. The molecule has 1 aromatic rings. The van der Waals surface area contributed by atoms with Gasteiger partial charge >= 0.3 is 6.18 Å². The van der Waals surface area contributed by atoms with E-state index >= 15 is 0 Å². The molecule has 1 amide bonds. The lowest BCUT2D eigenvalue weighted by atomic mass is 9.86. The Balaban J connectivity index is 1.69.